The molecule has 0 aliphatic heterocycles. The fourth-order valence-electron chi connectivity index (χ4n) is 3.38. The topological polar surface area (TPSA) is 37.0 Å². The third-order valence-electron chi connectivity index (χ3n) is 4.86. The molecule has 1 heterocycles. The standard InChI is InChI=1S/C24H22Cl2N2O/c25-21-12-18(13-22(26)24(21)29-16-17-6-2-1-3-7-17)14-27-11-10-19-15-28-23-9-5-4-8-20(19)23/h1-9,12-13,15,27-28H,10-11,14,16H2. The van der Waals surface area contributed by atoms with E-state index >= 15 is 0 Å². The SMILES string of the molecule is Clc1cc(CNCCc2c[nH]c3ccccc23)cc(Cl)c1OCc1ccccc1. The highest BCUT2D eigenvalue weighted by molar-refractivity contribution is 6.37. The largest absolute Gasteiger partial charge is 0.486 e. The molecule has 0 radical (unpaired) electrons. The normalized spacial score (nSPS) is 11.1. The van der Waals surface area contributed by atoms with Crippen molar-refractivity contribution in [3.05, 3.63) is 99.7 Å². The van der Waals surface area contributed by atoms with Gasteiger partial charge in [0.15, 0.2) is 5.75 Å². The molecule has 0 saturated carbocycles. The van der Waals surface area contributed by atoms with E-state index in [-0.39, 0.29) is 0 Å². The third kappa shape index (κ3) is 4.94. The van der Waals surface area contributed by atoms with Gasteiger partial charge in [0, 0.05) is 23.6 Å². The summed E-state index contributed by atoms with van der Waals surface area (Å²) >= 11 is 12.8. The molecule has 0 aliphatic carbocycles. The molecule has 3 aromatic carbocycles. The van der Waals surface area contributed by atoms with E-state index < -0.39 is 0 Å². The highest BCUT2D eigenvalue weighted by Crippen LogP contribution is 2.34. The van der Waals surface area contributed by atoms with Crippen LogP contribution in [0.25, 0.3) is 10.9 Å². The van der Waals surface area contributed by atoms with E-state index in [2.05, 4.69) is 34.7 Å². The monoisotopic (exact) mass is 424 g/mol. The van der Waals surface area contributed by atoms with Crippen LogP contribution in [0.4, 0.5) is 0 Å². The van der Waals surface area contributed by atoms with Gasteiger partial charge < -0.3 is 15.0 Å². The van der Waals surface area contributed by atoms with E-state index in [9.17, 15) is 0 Å². The minimum absolute atomic E-state index is 0.433. The maximum atomic E-state index is 6.42. The summed E-state index contributed by atoms with van der Waals surface area (Å²) in [5.74, 6) is 0.528. The molecular formula is C24H22Cl2N2O. The number of rotatable bonds is 8. The molecule has 0 fully saturated rings. The fraction of sp³-hybridized carbons (Fsp3) is 0.167. The van der Waals surface area contributed by atoms with Crippen LogP contribution in [0.2, 0.25) is 10.0 Å². The maximum absolute atomic E-state index is 6.42. The minimum Gasteiger partial charge on any atom is -0.486 e. The summed E-state index contributed by atoms with van der Waals surface area (Å²) in [5, 5.41) is 5.80. The first-order chi connectivity index (χ1) is 14.2. The van der Waals surface area contributed by atoms with Crippen molar-refractivity contribution in [2.45, 2.75) is 19.6 Å². The van der Waals surface area contributed by atoms with E-state index in [4.69, 9.17) is 27.9 Å². The van der Waals surface area contributed by atoms with Crippen LogP contribution in [0, 0.1) is 0 Å². The molecule has 2 N–H and O–H groups in total. The van der Waals surface area contributed by atoms with Crippen molar-refractivity contribution in [3.63, 3.8) is 0 Å². The number of halogens is 2. The van der Waals surface area contributed by atoms with Crippen molar-refractivity contribution >= 4 is 34.1 Å². The van der Waals surface area contributed by atoms with Crippen LogP contribution in [-0.4, -0.2) is 11.5 Å². The number of nitrogens with one attached hydrogen (secondary N) is 2. The first-order valence-corrected chi connectivity index (χ1v) is 10.4. The Labute approximate surface area is 180 Å². The van der Waals surface area contributed by atoms with Crippen molar-refractivity contribution in [1.29, 1.82) is 0 Å². The Morgan fingerprint density at radius 2 is 1.59 bits per heavy atom. The van der Waals surface area contributed by atoms with E-state index in [0.29, 0.717) is 28.9 Å². The molecule has 29 heavy (non-hydrogen) atoms. The predicted molar refractivity (Wildman–Crippen MR) is 121 cm³/mol. The summed E-state index contributed by atoms with van der Waals surface area (Å²) < 4.78 is 5.84. The average Bonchev–Trinajstić information content (AvgIpc) is 3.14. The Balaban J connectivity index is 1.32. The summed E-state index contributed by atoms with van der Waals surface area (Å²) in [6, 6.07) is 22.1. The fourth-order valence-corrected chi connectivity index (χ4v) is 4.02. The summed E-state index contributed by atoms with van der Waals surface area (Å²) in [4.78, 5) is 3.32. The molecule has 0 saturated heterocycles. The van der Waals surface area contributed by atoms with E-state index in [1.807, 2.05) is 48.5 Å². The van der Waals surface area contributed by atoms with Gasteiger partial charge in [-0.05, 0) is 47.9 Å². The first-order valence-electron chi connectivity index (χ1n) is 9.61. The Bertz CT molecular complexity index is 1070. The second-order valence-corrected chi connectivity index (χ2v) is 7.76. The zero-order chi connectivity index (χ0) is 20.1. The lowest BCUT2D eigenvalue weighted by Gasteiger charge is -2.12. The smallest absolute Gasteiger partial charge is 0.156 e. The van der Waals surface area contributed by atoms with Crippen molar-refractivity contribution in [3.8, 4) is 5.75 Å². The number of benzene rings is 3. The van der Waals surface area contributed by atoms with Crippen LogP contribution in [0.3, 0.4) is 0 Å². The molecule has 1 aromatic heterocycles. The van der Waals surface area contributed by atoms with Gasteiger partial charge in [0.1, 0.15) is 6.61 Å². The molecule has 4 rings (SSSR count). The maximum Gasteiger partial charge on any atom is 0.156 e. The molecule has 5 heteroatoms. The van der Waals surface area contributed by atoms with Crippen molar-refractivity contribution in [2.75, 3.05) is 6.54 Å². The number of fused-ring (bicyclic) bond motifs is 1. The number of hydrogen-bond acceptors (Lipinski definition) is 2. The molecule has 148 valence electrons. The van der Waals surface area contributed by atoms with Gasteiger partial charge in [-0.15, -0.1) is 0 Å². The first kappa shape index (κ1) is 19.8. The van der Waals surface area contributed by atoms with Crippen LogP contribution in [-0.2, 0) is 19.6 Å². The summed E-state index contributed by atoms with van der Waals surface area (Å²) in [6.45, 7) is 1.99. The zero-order valence-electron chi connectivity index (χ0n) is 15.9. The molecule has 4 aromatic rings. The van der Waals surface area contributed by atoms with Gasteiger partial charge in [-0.3, -0.25) is 0 Å². The van der Waals surface area contributed by atoms with Crippen LogP contribution >= 0.6 is 23.2 Å². The molecular weight excluding hydrogens is 403 g/mol. The number of H-pyrrole nitrogens is 1. The van der Waals surface area contributed by atoms with Crippen molar-refractivity contribution in [2.24, 2.45) is 0 Å². The number of hydrogen-bond donors (Lipinski definition) is 2. The Hall–Kier alpha value is -2.46. The third-order valence-corrected chi connectivity index (χ3v) is 5.42. The molecule has 0 bridgehead atoms. The van der Waals surface area contributed by atoms with E-state index in [1.165, 1.54) is 16.5 Å². The molecule has 3 nitrogen and oxygen atoms in total. The summed E-state index contributed by atoms with van der Waals surface area (Å²) in [7, 11) is 0. The van der Waals surface area contributed by atoms with Crippen LogP contribution < -0.4 is 10.1 Å². The van der Waals surface area contributed by atoms with Crippen LogP contribution in [0.1, 0.15) is 16.7 Å². The van der Waals surface area contributed by atoms with Gasteiger partial charge in [-0.25, -0.2) is 0 Å². The van der Waals surface area contributed by atoms with Crippen LogP contribution in [0.15, 0.2) is 72.9 Å². The van der Waals surface area contributed by atoms with Crippen molar-refractivity contribution in [1.82, 2.24) is 10.3 Å². The second-order valence-electron chi connectivity index (χ2n) is 6.95. The molecule has 0 aliphatic rings. The van der Waals surface area contributed by atoms with Gasteiger partial charge in [0.25, 0.3) is 0 Å². The Kier molecular flexibility index (Phi) is 6.40. The Morgan fingerprint density at radius 1 is 0.862 bits per heavy atom. The number of aromatic nitrogens is 1. The van der Waals surface area contributed by atoms with Gasteiger partial charge >= 0.3 is 0 Å². The zero-order valence-corrected chi connectivity index (χ0v) is 17.4. The van der Waals surface area contributed by atoms with Crippen LogP contribution in [0.5, 0.6) is 5.75 Å². The number of para-hydroxylation sites is 1. The Morgan fingerprint density at radius 3 is 2.38 bits per heavy atom. The van der Waals surface area contributed by atoms with Gasteiger partial charge in [0.05, 0.1) is 10.0 Å². The molecule has 0 unspecified atom stereocenters. The van der Waals surface area contributed by atoms with Gasteiger partial charge in [-0.1, -0.05) is 71.7 Å². The highest BCUT2D eigenvalue weighted by atomic mass is 35.5. The number of ether oxygens (including phenoxy) is 1. The van der Waals surface area contributed by atoms with Crippen molar-refractivity contribution < 1.29 is 4.74 Å². The van der Waals surface area contributed by atoms with E-state index in [0.717, 1.165) is 24.1 Å². The molecule has 0 amide bonds. The molecule has 0 atom stereocenters. The van der Waals surface area contributed by atoms with Gasteiger partial charge in [0.2, 0.25) is 0 Å². The highest BCUT2D eigenvalue weighted by Gasteiger charge is 2.10. The number of aromatic amines is 1. The molecule has 0 spiro atoms. The lowest BCUT2D eigenvalue weighted by Crippen LogP contribution is -2.16. The quantitative estimate of drug-likeness (QED) is 0.321. The van der Waals surface area contributed by atoms with E-state index in [1.54, 1.807) is 0 Å². The summed E-state index contributed by atoms with van der Waals surface area (Å²) in [5.41, 5.74) is 4.59. The summed E-state index contributed by atoms with van der Waals surface area (Å²) in [6.07, 6.45) is 3.03. The lowest BCUT2D eigenvalue weighted by molar-refractivity contribution is 0.306. The second kappa shape index (κ2) is 9.36. The average molecular weight is 425 g/mol. The lowest BCUT2D eigenvalue weighted by atomic mass is 10.1. The predicted octanol–water partition coefficient (Wildman–Crippen LogP) is 6.39. The van der Waals surface area contributed by atoms with Gasteiger partial charge in [-0.2, -0.15) is 0 Å². The minimum atomic E-state index is 0.433.